The van der Waals surface area contributed by atoms with Gasteiger partial charge in [-0.25, -0.2) is 13.1 Å². The van der Waals surface area contributed by atoms with Crippen LogP contribution in [0.2, 0.25) is 0 Å². The van der Waals surface area contributed by atoms with Gasteiger partial charge in [-0.2, -0.15) is 0 Å². The molecule has 0 aliphatic heterocycles. The molecule has 1 rings (SSSR count). The first-order valence-electron chi connectivity index (χ1n) is 6.57. The second-order valence-electron chi connectivity index (χ2n) is 5.24. The quantitative estimate of drug-likeness (QED) is 0.714. The number of hydrogen-bond acceptors (Lipinski definition) is 3. The van der Waals surface area contributed by atoms with Crippen molar-refractivity contribution in [2.75, 3.05) is 12.4 Å². The molecule has 0 heterocycles. The minimum absolute atomic E-state index is 0.0619. The second kappa shape index (κ2) is 6.71. The van der Waals surface area contributed by atoms with E-state index in [0.717, 1.165) is 12.8 Å². The molecule has 0 bridgehead atoms. The molecule has 0 aromatic heterocycles. The van der Waals surface area contributed by atoms with E-state index in [1.165, 1.54) is 6.42 Å². The average Bonchev–Trinajstić information content (AvgIpc) is 2.25. The molecule has 102 valence electrons. The number of aliphatic hydroxyl groups is 1. The van der Waals surface area contributed by atoms with Gasteiger partial charge in [0, 0.05) is 12.6 Å². The second-order valence-corrected chi connectivity index (χ2v) is 7.11. The highest BCUT2D eigenvalue weighted by Crippen LogP contribution is 2.29. The molecular weight excluding hydrogens is 238 g/mol. The highest BCUT2D eigenvalue weighted by Gasteiger charge is 2.29. The molecule has 0 amide bonds. The fourth-order valence-corrected chi connectivity index (χ4v) is 3.94. The van der Waals surface area contributed by atoms with E-state index in [9.17, 15) is 8.42 Å². The maximum absolute atomic E-state index is 11.8. The van der Waals surface area contributed by atoms with E-state index in [1.54, 1.807) is 0 Å². The molecule has 0 radical (unpaired) electrons. The van der Waals surface area contributed by atoms with Crippen LogP contribution in [0.25, 0.3) is 0 Å². The van der Waals surface area contributed by atoms with Gasteiger partial charge in [-0.15, -0.1) is 0 Å². The van der Waals surface area contributed by atoms with E-state index >= 15 is 0 Å². The Morgan fingerprint density at radius 3 is 2.59 bits per heavy atom. The molecule has 2 N–H and O–H groups in total. The summed E-state index contributed by atoms with van der Waals surface area (Å²) in [4.78, 5) is 0. The van der Waals surface area contributed by atoms with Crippen LogP contribution in [0.1, 0.15) is 46.0 Å². The summed E-state index contributed by atoms with van der Waals surface area (Å²) in [7, 11) is -3.17. The van der Waals surface area contributed by atoms with Crippen molar-refractivity contribution in [3.63, 3.8) is 0 Å². The summed E-state index contributed by atoms with van der Waals surface area (Å²) in [5.41, 5.74) is 0. The molecule has 0 spiro atoms. The third-order valence-electron chi connectivity index (χ3n) is 3.86. The maximum atomic E-state index is 11.8. The summed E-state index contributed by atoms with van der Waals surface area (Å²) in [6.45, 7) is 4.38. The van der Waals surface area contributed by atoms with Crippen LogP contribution in [0.5, 0.6) is 0 Å². The van der Waals surface area contributed by atoms with Crippen LogP contribution in [0.15, 0.2) is 0 Å². The minimum Gasteiger partial charge on any atom is -0.396 e. The Balaban J connectivity index is 2.46. The van der Waals surface area contributed by atoms with E-state index in [4.69, 9.17) is 5.11 Å². The summed E-state index contributed by atoms with van der Waals surface area (Å²) < 4.78 is 26.5. The van der Waals surface area contributed by atoms with Gasteiger partial charge in [0.15, 0.2) is 0 Å². The predicted molar refractivity (Wildman–Crippen MR) is 69.2 cm³/mol. The fourth-order valence-electron chi connectivity index (χ4n) is 2.44. The van der Waals surface area contributed by atoms with Crippen molar-refractivity contribution >= 4 is 10.0 Å². The first-order valence-corrected chi connectivity index (χ1v) is 8.22. The van der Waals surface area contributed by atoms with Crippen molar-refractivity contribution in [3.05, 3.63) is 0 Å². The lowest BCUT2D eigenvalue weighted by molar-refractivity contribution is 0.227. The summed E-state index contributed by atoms with van der Waals surface area (Å²) in [6.07, 6.45) is 4.34. The largest absolute Gasteiger partial charge is 0.396 e. The molecular formula is C12H25NO3S. The maximum Gasteiger partial charge on any atom is 0.211 e. The topological polar surface area (TPSA) is 66.4 Å². The molecule has 0 saturated heterocycles. The normalized spacial score (nSPS) is 30.4. The first-order chi connectivity index (χ1) is 7.96. The zero-order valence-corrected chi connectivity index (χ0v) is 11.7. The van der Waals surface area contributed by atoms with Gasteiger partial charge in [-0.3, -0.25) is 0 Å². The number of hydrogen-bond donors (Lipinski definition) is 2. The zero-order valence-electron chi connectivity index (χ0n) is 10.9. The summed E-state index contributed by atoms with van der Waals surface area (Å²) in [5, 5.41) is 8.65. The monoisotopic (exact) mass is 263 g/mol. The number of aliphatic hydroxyl groups excluding tert-OH is 1. The van der Waals surface area contributed by atoms with Gasteiger partial charge in [0.2, 0.25) is 10.0 Å². The average molecular weight is 263 g/mol. The molecule has 5 heteroatoms. The van der Waals surface area contributed by atoms with Crippen molar-refractivity contribution < 1.29 is 13.5 Å². The lowest BCUT2D eigenvalue weighted by Crippen LogP contribution is -2.44. The lowest BCUT2D eigenvalue weighted by atomic mass is 9.78. The molecule has 3 unspecified atom stereocenters. The van der Waals surface area contributed by atoms with Gasteiger partial charge >= 0.3 is 0 Å². The van der Waals surface area contributed by atoms with Crippen LogP contribution < -0.4 is 4.72 Å². The van der Waals surface area contributed by atoms with Crippen LogP contribution in [0.3, 0.4) is 0 Å². The van der Waals surface area contributed by atoms with Crippen molar-refractivity contribution in [1.29, 1.82) is 0 Å². The molecule has 0 aromatic carbocycles. The third kappa shape index (κ3) is 4.94. The van der Waals surface area contributed by atoms with Crippen LogP contribution >= 0.6 is 0 Å². The van der Waals surface area contributed by atoms with Crippen molar-refractivity contribution in [1.82, 2.24) is 4.72 Å². The van der Waals surface area contributed by atoms with Crippen LogP contribution in [-0.4, -0.2) is 31.9 Å². The number of sulfonamides is 1. The van der Waals surface area contributed by atoms with E-state index in [2.05, 4.69) is 18.6 Å². The van der Waals surface area contributed by atoms with Crippen LogP contribution in [-0.2, 0) is 10.0 Å². The minimum atomic E-state index is -3.17. The summed E-state index contributed by atoms with van der Waals surface area (Å²) in [6, 6.07) is 0.0953. The SMILES string of the molecule is CC1CCCC(NS(=O)(=O)CCCCO)C1C. The Labute approximate surface area is 105 Å². The van der Waals surface area contributed by atoms with Crippen molar-refractivity contribution in [3.8, 4) is 0 Å². The Bertz CT molecular complexity index is 316. The Morgan fingerprint density at radius 2 is 1.94 bits per heavy atom. The number of nitrogens with one attached hydrogen (secondary N) is 1. The lowest BCUT2D eigenvalue weighted by Gasteiger charge is -2.34. The predicted octanol–water partition coefficient (Wildman–Crippen LogP) is 1.50. The highest BCUT2D eigenvalue weighted by atomic mass is 32.2. The van der Waals surface area contributed by atoms with E-state index in [1.807, 2.05) is 0 Å². The van der Waals surface area contributed by atoms with Crippen molar-refractivity contribution in [2.45, 2.75) is 52.0 Å². The van der Waals surface area contributed by atoms with Gasteiger partial charge in [0.05, 0.1) is 5.75 Å². The molecule has 17 heavy (non-hydrogen) atoms. The van der Waals surface area contributed by atoms with Gasteiger partial charge < -0.3 is 5.11 Å². The van der Waals surface area contributed by atoms with E-state index in [0.29, 0.717) is 24.7 Å². The fraction of sp³-hybridized carbons (Fsp3) is 1.00. The first kappa shape index (κ1) is 14.9. The smallest absolute Gasteiger partial charge is 0.211 e. The van der Waals surface area contributed by atoms with Gasteiger partial charge in [0.1, 0.15) is 0 Å². The molecule has 1 aliphatic carbocycles. The van der Waals surface area contributed by atoms with Crippen molar-refractivity contribution in [2.24, 2.45) is 11.8 Å². The summed E-state index contributed by atoms with van der Waals surface area (Å²) >= 11 is 0. The molecule has 0 aromatic rings. The van der Waals surface area contributed by atoms with Crippen LogP contribution in [0, 0.1) is 11.8 Å². The molecule has 1 saturated carbocycles. The Hall–Kier alpha value is -0.130. The summed E-state index contributed by atoms with van der Waals surface area (Å²) in [5.74, 6) is 1.13. The molecule has 4 nitrogen and oxygen atoms in total. The molecule has 1 aliphatic rings. The van der Waals surface area contributed by atoms with Gasteiger partial charge in [-0.05, 0) is 31.1 Å². The number of unbranched alkanes of at least 4 members (excludes halogenated alkanes) is 1. The Kier molecular flexibility index (Phi) is 5.89. The highest BCUT2D eigenvalue weighted by molar-refractivity contribution is 7.89. The Morgan fingerprint density at radius 1 is 1.24 bits per heavy atom. The zero-order chi connectivity index (χ0) is 12.9. The van der Waals surface area contributed by atoms with E-state index in [-0.39, 0.29) is 18.4 Å². The van der Waals surface area contributed by atoms with Crippen LogP contribution in [0.4, 0.5) is 0 Å². The molecule has 1 fully saturated rings. The van der Waals surface area contributed by atoms with Gasteiger partial charge in [-0.1, -0.05) is 26.7 Å². The molecule has 3 atom stereocenters. The third-order valence-corrected chi connectivity index (χ3v) is 5.35. The number of rotatable bonds is 6. The standard InChI is InChI=1S/C12H25NO3S/c1-10-6-5-7-12(11(10)2)13-17(15,16)9-4-3-8-14/h10-14H,3-9H2,1-2H3. The van der Waals surface area contributed by atoms with E-state index < -0.39 is 10.0 Å². The van der Waals surface area contributed by atoms with Gasteiger partial charge in [0.25, 0.3) is 0 Å².